The minimum absolute atomic E-state index is 0.207. The summed E-state index contributed by atoms with van der Waals surface area (Å²) in [6.45, 7) is 2.40. The van der Waals surface area contributed by atoms with Crippen molar-refractivity contribution in [3.8, 4) is 0 Å². The largest absolute Gasteiger partial charge is 0.469 e. The summed E-state index contributed by atoms with van der Waals surface area (Å²) in [4.78, 5) is 12.6. The minimum Gasteiger partial charge on any atom is -0.469 e. The van der Waals surface area contributed by atoms with E-state index >= 15 is 0 Å². The van der Waals surface area contributed by atoms with Crippen molar-refractivity contribution in [1.29, 1.82) is 0 Å². The third kappa shape index (κ3) is 5.06. The Kier molecular flexibility index (Phi) is 6.39. The van der Waals surface area contributed by atoms with Crippen molar-refractivity contribution in [2.45, 2.75) is 24.7 Å². The van der Waals surface area contributed by atoms with Crippen molar-refractivity contribution in [2.75, 3.05) is 17.9 Å². The number of aryl methyl sites for hydroxylation is 2. The molecule has 1 aromatic heterocycles. The van der Waals surface area contributed by atoms with Gasteiger partial charge in [0.15, 0.2) is 0 Å². The second kappa shape index (κ2) is 8.96. The first-order chi connectivity index (χ1) is 13.9. The average molecular weight is 413 g/mol. The van der Waals surface area contributed by atoms with Gasteiger partial charge in [-0.2, -0.15) is 0 Å². The van der Waals surface area contributed by atoms with E-state index in [0.29, 0.717) is 17.8 Å². The molecule has 152 valence electrons. The van der Waals surface area contributed by atoms with Crippen LogP contribution in [0.3, 0.4) is 0 Å². The molecule has 1 amide bonds. The van der Waals surface area contributed by atoms with E-state index in [1.165, 1.54) is 11.4 Å². The average Bonchev–Trinajstić information content (AvgIpc) is 3.24. The Bertz CT molecular complexity index is 1060. The zero-order chi connectivity index (χ0) is 20.9. The second-order valence-electron chi connectivity index (χ2n) is 6.77. The Labute approximate surface area is 171 Å². The molecule has 0 aliphatic heterocycles. The van der Waals surface area contributed by atoms with Crippen LogP contribution in [-0.2, 0) is 16.4 Å². The number of amides is 1. The molecule has 0 atom stereocenters. The zero-order valence-corrected chi connectivity index (χ0v) is 17.3. The molecular formula is C22H24N2O4S. The molecule has 0 spiro atoms. The normalized spacial score (nSPS) is 11.2. The van der Waals surface area contributed by atoms with Crippen LogP contribution in [0.4, 0.5) is 5.69 Å². The molecule has 1 heterocycles. The number of sulfonamides is 1. The van der Waals surface area contributed by atoms with Crippen LogP contribution in [0, 0.1) is 6.92 Å². The fourth-order valence-electron chi connectivity index (χ4n) is 2.87. The molecule has 6 nitrogen and oxygen atoms in total. The van der Waals surface area contributed by atoms with Crippen LogP contribution in [0.25, 0.3) is 0 Å². The molecule has 0 aliphatic carbocycles. The number of hydrogen-bond acceptors (Lipinski definition) is 4. The summed E-state index contributed by atoms with van der Waals surface area (Å²) in [5.74, 6) is 0.636. The van der Waals surface area contributed by atoms with Gasteiger partial charge < -0.3 is 9.73 Å². The maximum Gasteiger partial charge on any atom is 0.264 e. The summed E-state index contributed by atoms with van der Waals surface area (Å²) in [5, 5.41) is 2.86. The van der Waals surface area contributed by atoms with Gasteiger partial charge in [0.1, 0.15) is 5.76 Å². The van der Waals surface area contributed by atoms with Gasteiger partial charge in [0.25, 0.3) is 15.9 Å². The summed E-state index contributed by atoms with van der Waals surface area (Å²) < 4.78 is 32.2. The van der Waals surface area contributed by atoms with Gasteiger partial charge in [-0.1, -0.05) is 23.8 Å². The van der Waals surface area contributed by atoms with E-state index in [9.17, 15) is 13.2 Å². The van der Waals surface area contributed by atoms with Crippen molar-refractivity contribution < 1.29 is 17.6 Å². The number of anilines is 1. The molecule has 7 heteroatoms. The highest BCUT2D eigenvalue weighted by molar-refractivity contribution is 7.92. The molecule has 3 rings (SSSR count). The third-order valence-corrected chi connectivity index (χ3v) is 6.42. The molecular weight excluding hydrogens is 388 g/mol. The standard InChI is InChI=1S/C22H24N2O4S/c1-17-10-12-21(13-11-17)29(26,27)24(2)19-7-3-6-18(16-19)22(25)23-14-4-8-20-9-5-15-28-20/h3,5-7,9-13,15-16H,4,8,14H2,1-2H3,(H,23,25). The van der Waals surface area contributed by atoms with Crippen LogP contribution >= 0.6 is 0 Å². The summed E-state index contributed by atoms with van der Waals surface area (Å²) in [5.41, 5.74) is 1.82. The van der Waals surface area contributed by atoms with Crippen LogP contribution in [0.1, 0.15) is 28.1 Å². The quantitative estimate of drug-likeness (QED) is 0.571. The number of rotatable bonds is 8. The fourth-order valence-corrected chi connectivity index (χ4v) is 4.06. The summed E-state index contributed by atoms with van der Waals surface area (Å²) in [6, 6.07) is 17.0. The maximum absolute atomic E-state index is 12.9. The minimum atomic E-state index is -3.71. The first kappa shape index (κ1) is 20.7. The van der Waals surface area contributed by atoms with E-state index in [0.717, 1.165) is 24.2 Å². The Balaban J connectivity index is 1.66. The Hall–Kier alpha value is -3.06. The number of hydrogen-bond donors (Lipinski definition) is 1. The monoisotopic (exact) mass is 412 g/mol. The molecule has 2 aromatic carbocycles. The summed E-state index contributed by atoms with van der Waals surface area (Å²) in [7, 11) is -2.22. The first-order valence-corrected chi connectivity index (χ1v) is 10.8. The number of benzene rings is 2. The summed E-state index contributed by atoms with van der Waals surface area (Å²) in [6.07, 6.45) is 3.12. The van der Waals surface area contributed by atoms with Gasteiger partial charge in [-0.25, -0.2) is 8.42 Å². The predicted octanol–water partition coefficient (Wildman–Crippen LogP) is 3.78. The molecule has 3 aromatic rings. The topological polar surface area (TPSA) is 79.6 Å². The smallest absolute Gasteiger partial charge is 0.264 e. The second-order valence-corrected chi connectivity index (χ2v) is 8.74. The molecule has 0 aliphatic rings. The first-order valence-electron chi connectivity index (χ1n) is 9.34. The van der Waals surface area contributed by atoms with Crippen LogP contribution < -0.4 is 9.62 Å². The highest BCUT2D eigenvalue weighted by atomic mass is 32.2. The number of carbonyl (C=O) groups excluding carboxylic acids is 1. The Morgan fingerprint density at radius 3 is 2.52 bits per heavy atom. The molecule has 0 saturated carbocycles. The highest BCUT2D eigenvalue weighted by Crippen LogP contribution is 2.23. The predicted molar refractivity (Wildman–Crippen MR) is 113 cm³/mol. The fraction of sp³-hybridized carbons (Fsp3) is 0.227. The van der Waals surface area contributed by atoms with E-state index < -0.39 is 10.0 Å². The third-order valence-electron chi connectivity index (χ3n) is 4.62. The highest BCUT2D eigenvalue weighted by Gasteiger charge is 2.21. The van der Waals surface area contributed by atoms with Gasteiger partial charge in [0.05, 0.1) is 16.8 Å². The van der Waals surface area contributed by atoms with Gasteiger partial charge in [0.2, 0.25) is 0 Å². The lowest BCUT2D eigenvalue weighted by atomic mass is 10.2. The van der Waals surface area contributed by atoms with Gasteiger partial charge >= 0.3 is 0 Å². The SMILES string of the molecule is Cc1ccc(S(=O)(=O)N(C)c2cccc(C(=O)NCCCc3ccco3)c2)cc1. The van der Waals surface area contributed by atoms with Gasteiger partial charge in [-0.15, -0.1) is 0 Å². The number of carbonyl (C=O) groups is 1. The molecule has 1 N–H and O–H groups in total. The molecule has 0 radical (unpaired) electrons. The van der Waals surface area contributed by atoms with E-state index in [1.807, 2.05) is 19.1 Å². The zero-order valence-electron chi connectivity index (χ0n) is 16.5. The van der Waals surface area contributed by atoms with Crippen molar-refractivity contribution in [3.05, 3.63) is 83.8 Å². The molecule has 29 heavy (non-hydrogen) atoms. The van der Waals surface area contributed by atoms with E-state index in [1.54, 1.807) is 54.8 Å². The maximum atomic E-state index is 12.9. The lowest BCUT2D eigenvalue weighted by Crippen LogP contribution is -2.28. The van der Waals surface area contributed by atoms with E-state index in [-0.39, 0.29) is 10.8 Å². The Morgan fingerprint density at radius 1 is 1.07 bits per heavy atom. The van der Waals surface area contributed by atoms with Crippen LogP contribution in [0.15, 0.2) is 76.2 Å². The van der Waals surface area contributed by atoms with Crippen LogP contribution in [-0.4, -0.2) is 27.9 Å². The van der Waals surface area contributed by atoms with E-state index in [4.69, 9.17) is 4.42 Å². The Morgan fingerprint density at radius 2 is 1.83 bits per heavy atom. The van der Waals surface area contributed by atoms with Gasteiger partial charge in [0, 0.05) is 25.6 Å². The molecule has 0 unspecified atom stereocenters. The molecule has 0 saturated heterocycles. The number of nitrogens with one attached hydrogen (secondary N) is 1. The summed E-state index contributed by atoms with van der Waals surface area (Å²) >= 11 is 0. The van der Waals surface area contributed by atoms with Crippen molar-refractivity contribution in [3.63, 3.8) is 0 Å². The van der Waals surface area contributed by atoms with Crippen molar-refractivity contribution >= 4 is 21.6 Å². The number of nitrogens with zero attached hydrogens (tertiary/aromatic N) is 1. The number of furan rings is 1. The van der Waals surface area contributed by atoms with Crippen LogP contribution in [0.5, 0.6) is 0 Å². The van der Waals surface area contributed by atoms with Gasteiger partial charge in [-0.3, -0.25) is 9.10 Å². The van der Waals surface area contributed by atoms with Gasteiger partial charge in [-0.05, 0) is 55.8 Å². The van der Waals surface area contributed by atoms with E-state index in [2.05, 4.69) is 5.32 Å². The van der Waals surface area contributed by atoms with Crippen molar-refractivity contribution in [2.24, 2.45) is 0 Å². The lowest BCUT2D eigenvalue weighted by Gasteiger charge is -2.20. The molecule has 0 bridgehead atoms. The van der Waals surface area contributed by atoms with Crippen LogP contribution in [0.2, 0.25) is 0 Å². The van der Waals surface area contributed by atoms with Crippen molar-refractivity contribution in [1.82, 2.24) is 5.32 Å². The lowest BCUT2D eigenvalue weighted by molar-refractivity contribution is 0.0953. The molecule has 0 fully saturated rings.